The van der Waals surface area contributed by atoms with Crippen molar-refractivity contribution in [3.8, 4) is 5.75 Å². The van der Waals surface area contributed by atoms with Crippen molar-refractivity contribution in [3.63, 3.8) is 0 Å². The van der Waals surface area contributed by atoms with Crippen LogP contribution in [0.2, 0.25) is 0 Å². The first-order valence-corrected chi connectivity index (χ1v) is 9.25. The lowest BCUT2D eigenvalue weighted by Crippen LogP contribution is -2.24. The van der Waals surface area contributed by atoms with Crippen molar-refractivity contribution in [2.24, 2.45) is 0 Å². The molecule has 1 N–H and O–H groups in total. The standard InChI is InChI=1S/C18H13BrF5N3O3/c1-2-27-10(9(19)5-26-27)6-25-18(28)11-4-3-8(30-11)7-29-17-15(23)13(21)12(20)14(22)16(17)24/h3-5H,2,6-7H2,1H3,(H,25,28). The molecule has 12 heteroatoms. The van der Waals surface area contributed by atoms with Crippen LogP contribution in [0.5, 0.6) is 5.75 Å². The molecule has 0 aliphatic rings. The van der Waals surface area contributed by atoms with Crippen LogP contribution in [0.15, 0.2) is 27.2 Å². The van der Waals surface area contributed by atoms with Gasteiger partial charge in [0, 0.05) is 6.54 Å². The maximum atomic E-state index is 13.6. The Labute approximate surface area is 174 Å². The summed E-state index contributed by atoms with van der Waals surface area (Å²) < 4.78 is 79.0. The number of nitrogens with zero attached hydrogens (tertiary/aromatic N) is 2. The summed E-state index contributed by atoms with van der Waals surface area (Å²) in [6, 6.07) is 2.55. The smallest absolute Gasteiger partial charge is 0.287 e. The molecule has 2 aromatic heterocycles. The van der Waals surface area contributed by atoms with E-state index in [9.17, 15) is 26.7 Å². The van der Waals surface area contributed by atoms with Crippen molar-refractivity contribution in [3.05, 3.63) is 69.1 Å². The molecule has 0 radical (unpaired) electrons. The molecule has 1 amide bonds. The van der Waals surface area contributed by atoms with Crippen LogP contribution in [-0.4, -0.2) is 15.7 Å². The van der Waals surface area contributed by atoms with E-state index < -0.39 is 47.3 Å². The molecule has 160 valence electrons. The average molecular weight is 494 g/mol. The minimum Gasteiger partial charge on any atom is -0.479 e. The molecule has 0 aliphatic heterocycles. The molecule has 0 unspecified atom stereocenters. The van der Waals surface area contributed by atoms with Crippen molar-refractivity contribution in [1.29, 1.82) is 0 Å². The van der Waals surface area contributed by atoms with Gasteiger partial charge >= 0.3 is 0 Å². The summed E-state index contributed by atoms with van der Waals surface area (Å²) in [6.07, 6.45) is 1.59. The normalized spacial score (nSPS) is 11.0. The molecule has 3 aromatic rings. The lowest BCUT2D eigenvalue weighted by molar-refractivity contribution is 0.0917. The molecule has 0 saturated heterocycles. The van der Waals surface area contributed by atoms with Gasteiger partial charge in [0.25, 0.3) is 5.91 Å². The van der Waals surface area contributed by atoms with E-state index in [1.54, 1.807) is 10.9 Å². The highest BCUT2D eigenvalue weighted by atomic mass is 79.9. The molecule has 0 bridgehead atoms. The Morgan fingerprint density at radius 1 is 1.13 bits per heavy atom. The molecule has 0 fully saturated rings. The number of aryl methyl sites for hydroxylation is 1. The first-order valence-electron chi connectivity index (χ1n) is 8.45. The number of aromatic nitrogens is 2. The van der Waals surface area contributed by atoms with E-state index in [1.807, 2.05) is 6.92 Å². The van der Waals surface area contributed by atoms with E-state index in [0.717, 1.165) is 5.69 Å². The zero-order valence-corrected chi connectivity index (χ0v) is 16.8. The number of hydrogen-bond acceptors (Lipinski definition) is 4. The van der Waals surface area contributed by atoms with Crippen LogP contribution in [0.4, 0.5) is 22.0 Å². The maximum absolute atomic E-state index is 13.6. The van der Waals surface area contributed by atoms with Crippen LogP contribution in [0.3, 0.4) is 0 Å². The zero-order chi connectivity index (χ0) is 22.0. The average Bonchev–Trinajstić information content (AvgIpc) is 3.35. The molecule has 3 rings (SSSR count). The van der Waals surface area contributed by atoms with Crippen molar-refractivity contribution in [2.45, 2.75) is 26.6 Å². The third-order valence-corrected chi connectivity index (χ3v) is 4.69. The molecule has 30 heavy (non-hydrogen) atoms. The topological polar surface area (TPSA) is 69.3 Å². The van der Waals surface area contributed by atoms with Gasteiger partial charge in [0.2, 0.25) is 29.1 Å². The highest BCUT2D eigenvalue weighted by molar-refractivity contribution is 9.10. The van der Waals surface area contributed by atoms with Crippen molar-refractivity contribution < 1.29 is 35.9 Å². The summed E-state index contributed by atoms with van der Waals surface area (Å²) in [6.45, 7) is 1.95. The van der Waals surface area contributed by atoms with Gasteiger partial charge in [-0.3, -0.25) is 9.48 Å². The number of furan rings is 1. The summed E-state index contributed by atoms with van der Waals surface area (Å²) in [5, 5.41) is 6.73. The largest absolute Gasteiger partial charge is 0.479 e. The molecule has 0 spiro atoms. The fourth-order valence-corrected chi connectivity index (χ4v) is 2.96. The van der Waals surface area contributed by atoms with Crippen LogP contribution in [0.1, 0.15) is 28.9 Å². The van der Waals surface area contributed by atoms with E-state index in [2.05, 4.69) is 31.1 Å². The summed E-state index contributed by atoms with van der Waals surface area (Å²) in [7, 11) is 0. The van der Waals surface area contributed by atoms with Crippen molar-refractivity contribution >= 4 is 21.8 Å². The van der Waals surface area contributed by atoms with Gasteiger partial charge in [-0.1, -0.05) is 0 Å². The predicted molar refractivity (Wildman–Crippen MR) is 96.0 cm³/mol. The number of amides is 1. The maximum Gasteiger partial charge on any atom is 0.287 e. The van der Waals surface area contributed by atoms with Gasteiger partial charge < -0.3 is 14.5 Å². The van der Waals surface area contributed by atoms with Gasteiger partial charge in [-0.2, -0.15) is 13.9 Å². The zero-order valence-electron chi connectivity index (χ0n) is 15.2. The molecule has 0 aliphatic carbocycles. The number of halogens is 6. The Kier molecular flexibility index (Phi) is 6.44. The number of benzene rings is 1. The van der Waals surface area contributed by atoms with Crippen LogP contribution in [0, 0.1) is 29.1 Å². The quantitative estimate of drug-likeness (QED) is 0.299. The third kappa shape index (κ3) is 4.18. The molecular weight excluding hydrogens is 481 g/mol. The predicted octanol–water partition coefficient (Wildman–Crippen LogP) is 4.46. The molecular formula is C18H13BrF5N3O3. The fraction of sp³-hybridized carbons (Fsp3) is 0.222. The number of ether oxygens (including phenoxy) is 1. The molecule has 2 heterocycles. The van der Waals surface area contributed by atoms with Crippen molar-refractivity contribution in [2.75, 3.05) is 0 Å². The Balaban J connectivity index is 1.66. The lowest BCUT2D eigenvalue weighted by atomic mass is 10.2. The minimum atomic E-state index is -2.29. The highest BCUT2D eigenvalue weighted by Gasteiger charge is 2.27. The van der Waals surface area contributed by atoms with Gasteiger partial charge in [-0.15, -0.1) is 0 Å². The minimum absolute atomic E-state index is 0.0659. The number of carbonyl (C=O) groups excluding carboxylic acids is 1. The van der Waals surface area contributed by atoms with Gasteiger partial charge in [-0.05, 0) is 35.0 Å². The van der Waals surface area contributed by atoms with E-state index >= 15 is 0 Å². The molecule has 0 saturated carbocycles. The first kappa shape index (κ1) is 21.8. The summed E-state index contributed by atoms with van der Waals surface area (Å²) in [4.78, 5) is 12.2. The number of carbonyl (C=O) groups is 1. The van der Waals surface area contributed by atoms with Gasteiger partial charge in [-0.25, -0.2) is 13.2 Å². The van der Waals surface area contributed by atoms with Gasteiger partial charge in [0.15, 0.2) is 11.5 Å². The fourth-order valence-electron chi connectivity index (χ4n) is 2.52. The molecule has 6 nitrogen and oxygen atoms in total. The van der Waals surface area contributed by atoms with Crippen LogP contribution >= 0.6 is 15.9 Å². The highest BCUT2D eigenvalue weighted by Crippen LogP contribution is 2.29. The third-order valence-electron chi connectivity index (χ3n) is 4.03. The van der Waals surface area contributed by atoms with Gasteiger partial charge in [0.1, 0.15) is 12.4 Å². The molecule has 1 aromatic carbocycles. The summed E-state index contributed by atoms with van der Waals surface area (Å²) in [5.41, 5.74) is 0.729. The second kappa shape index (κ2) is 8.86. The van der Waals surface area contributed by atoms with Crippen molar-refractivity contribution in [1.82, 2.24) is 15.1 Å². The monoisotopic (exact) mass is 493 g/mol. The van der Waals surface area contributed by atoms with E-state index in [0.29, 0.717) is 11.0 Å². The summed E-state index contributed by atoms with van der Waals surface area (Å²) in [5.74, 6) is -13.0. The van der Waals surface area contributed by atoms with E-state index in [-0.39, 0.29) is 18.1 Å². The Morgan fingerprint density at radius 2 is 1.77 bits per heavy atom. The second-order valence-corrected chi connectivity index (χ2v) is 6.75. The Hall–Kier alpha value is -2.89. The summed E-state index contributed by atoms with van der Waals surface area (Å²) >= 11 is 3.32. The van der Waals surface area contributed by atoms with E-state index in [4.69, 9.17) is 4.42 Å². The Bertz CT molecular complexity index is 1070. The lowest BCUT2D eigenvalue weighted by Gasteiger charge is -2.09. The SMILES string of the molecule is CCn1ncc(Br)c1CNC(=O)c1ccc(COc2c(F)c(F)c(F)c(F)c2F)o1. The second-order valence-electron chi connectivity index (χ2n) is 5.89. The Morgan fingerprint density at radius 3 is 2.40 bits per heavy atom. The number of rotatable bonds is 7. The van der Waals surface area contributed by atoms with Gasteiger partial charge in [0.05, 0.1) is 22.9 Å². The number of hydrogen-bond donors (Lipinski definition) is 1. The van der Waals surface area contributed by atoms with Crippen LogP contribution < -0.4 is 10.1 Å². The van der Waals surface area contributed by atoms with Crippen LogP contribution in [0.25, 0.3) is 0 Å². The van der Waals surface area contributed by atoms with Crippen LogP contribution in [-0.2, 0) is 19.7 Å². The first-order chi connectivity index (χ1) is 14.2. The van der Waals surface area contributed by atoms with E-state index in [1.165, 1.54) is 12.1 Å². The molecule has 0 atom stereocenters. The number of nitrogens with one attached hydrogen (secondary N) is 1.